The molecule has 0 aliphatic rings. The lowest BCUT2D eigenvalue weighted by atomic mass is 10.0. The Hall–Kier alpha value is -3.09. The monoisotopic (exact) mass is 701 g/mol. The van der Waals surface area contributed by atoms with Gasteiger partial charge in [0, 0.05) is 23.0 Å². The first-order valence-electron chi connectivity index (χ1n) is 13.1. The van der Waals surface area contributed by atoms with Crippen LogP contribution in [0.4, 0.5) is 18.9 Å². The van der Waals surface area contributed by atoms with Gasteiger partial charge in [-0.2, -0.15) is 13.2 Å². The third-order valence-corrected chi connectivity index (χ3v) is 8.20. The van der Waals surface area contributed by atoms with Crippen molar-refractivity contribution in [3.8, 4) is 0 Å². The quantitative estimate of drug-likeness (QED) is 0.264. The molecular formula is C30H32BrClF3N3O4S. The van der Waals surface area contributed by atoms with Crippen molar-refractivity contribution in [2.45, 2.75) is 51.5 Å². The highest BCUT2D eigenvalue weighted by Gasteiger charge is 2.37. The lowest BCUT2D eigenvalue weighted by Crippen LogP contribution is -2.56. The molecule has 2 amide bonds. The molecule has 0 aliphatic heterocycles. The van der Waals surface area contributed by atoms with Gasteiger partial charge >= 0.3 is 6.18 Å². The number of nitrogens with zero attached hydrogens (tertiary/aromatic N) is 2. The van der Waals surface area contributed by atoms with E-state index in [1.165, 1.54) is 4.90 Å². The maximum absolute atomic E-state index is 14.1. The lowest BCUT2D eigenvalue weighted by molar-refractivity contribution is -0.140. The number of anilines is 1. The molecule has 13 heteroatoms. The van der Waals surface area contributed by atoms with Gasteiger partial charge in [-0.15, -0.1) is 0 Å². The molecule has 3 aromatic rings. The van der Waals surface area contributed by atoms with E-state index in [9.17, 15) is 31.2 Å². The van der Waals surface area contributed by atoms with Crippen LogP contribution in [0.2, 0.25) is 5.02 Å². The average Bonchev–Trinajstić information content (AvgIpc) is 2.88. The minimum Gasteiger partial charge on any atom is -0.350 e. The zero-order chi connectivity index (χ0) is 32.2. The van der Waals surface area contributed by atoms with Gasteiger partial charge in [0.25, 0.3) is 0 Å². The van der Waals surface area contributed by atoms with Crippen LogP contribution >= 0.6 is 27.5 Å². The van der Waals surface area contributed by atoms with Crippen molar-refractivity contribution in [2.24, 2.45) is 0 Å². The molecule has 0 bridgehead atoms. The van der Waals surface area contributed by atoms with Gasteiger partial charge < -0.3 is 10.2 Å². The van der Waals surface area contributed by atoms with Crippen LogP contribution in [0.3, 0.4) is 0 Å². The maximum Gasteiger partial charge on any atom is 0.417 e. The number of rotatable bonds is 10. The topological polar surface area (TPSA) is 86.8 Å². The van der Waals surface area contributed by atoms with E-state index in [-0.39, 0.29) is 13.0 Å². The summed E-state index contributed by atoms with van der Waals surface area (Å²) in [6, 6.07) is 17.5. The summed E-state index contributed by atoms with van der Waals surface area (Å²) >= 11 is 9.15. The highest BCUT2D eigenvalue weighted by molar-refractivity contribution is 9.10. The summed E-state index contributed by atoms with van der Waals surface area (Å²) in [7, 11) is -4.27. The number of nitrogens with one attached hydrogen (secondary N) is 1. The van der Waals surface area contributed by atoms with Crippen LogP contribution in [0.15, 0.2) is 77.3 Å². The van der Waals surface area contributed by atoms with Gasteiger partial charge in [0.2, 0.25) is 21.8 Å². The number of hydrogen-bond acceptors (Lipinski definition) is 4. The number of alkyl halides is 3. The Morgan fingerprint density at radius 1 is 0.953 bits per heavy atom. The summed E-state index contributed by atoms with van der Waals surface area (Å²) in [5.74, 6) is -1.27. The number of hydrogen-bond donors (Lipinski definition) is 1. The predicted molar refractivity (Wildman–Crippen MR) is 165 cm³/mol. The first-order chi connectivity index (χ1) is 19.8. The molecule has 0 fully saturated rings. The summed E-state index contributed by atoms with van der Waals surface area (Å²) in [6.45, 7) is 4.42. The van der Waals surface area contributed by atoms with E-state index in [0.717, 1.165) is 28.4 Å². The summed E-state index contributed by atoms with van der Waals surface area (Å²) in [6.07, 6.45) is -3.98. The molecule has 232 valence electrons. The Morgan fingerprint density at radius 3 is 2.14 bits per heavy atom. The smallest absolute Gasteiger partial charge is 0.350 e. The highest BCUT2D eigenvalue weighted by Crippen LogP contribution is 2.37. The van der Waals surface area contributed by atoms with Crippen molar-refractivity contribution in [3.05, 3.63) is 99.0 Å². The molecule has 3 rings (SSSR count). The van der Waals surface area contributed by atoms with Gasteiger partial charge in [0.05, 0.1) is 22.5 Å². The molecule has 0 saturated heterocycles. The summed E-state index contributed by atoms with van der Waals surface area (Å²) in [5, 5.41) is 2.29. The second-order valence-electron chi connectivity index (χ2n) is 11.0. The van der Waals surface area contributed by atoms with Gasteiger partial charge in [-0.3, -0.25) is 13.9 Å². The van der Waals surface area contributed by atoms with Crippen LogP contribution in [0.25, 0.3) is 0 Å². The van der Waals surface area contributed by atoms with Gasteiger partial charge in [-0.05, 0) is 62.2 Å². The number of carbonyl (C=O) groups is 2. The molecule has 43 heavy (non-hydrogen) atoms. The molecule has 3 aromatic carbocycles. The highest BCUT2D eigenvalue weighted by atomic mass is 79.9. The van der Waals surface area contributed by atoms with E-state index in [1.54, 1.807) is 69.3 Å². The third kappa shape index (κ3) is 9.97. The van der Waals surface area contributed by atoms with Crippen molar-refractivity contribution < 1.29 is 31.2 Å². The second kappa shape index (κ2) is 13.7. The molecule has 0 spiro atoms. The molecule has 0 aromatic heterocycles. The number of benzene rings is 3. The SMILES string of the molecule is CC(C)(C)NC(=O)[C@H](Cc1ccccc1)N(Cc1cccc(Br)c1)C(=O)CN(c1ccc(Cl)c(C(F)(F)F)c1)S(C)(=O)=O. The zero-order valence-electron chi connectivity index (χ0n) is 24.0. The summed E-state index contributed by atoms with van der Waals surface area (Å²) in [4.78, 5) is 29.1. The molecule has 0 radical (unpaired) electrons. The van der Waals surface area contributed by atoms with Crippen molar-refractivity contribution in [1.29, 1.82) is 0 Å². The van der Waals surface area contributed by atoms with Crippen LogP contribution in [0.5, 0.6) is 0 Å². The van der Waals surface area contributed by atoms with Crippen LogP contribution in [0.1, 0.15) is 37.5 Å². The third-order valence-electron chi connectivity index (χ3n) is 6.23. The molecule has 0 saturated carbocycles. The Kier molecular flexibility index (Phi) is 11.0. The average molecular weight is 703 g/mol. The summed E-state index contributed by atoms with van der Waals surface area (Å²) < 4.78 is 67.9. The molecular weight excluding hydrogens is 671 g/mol. The normalized spacial score (nSPS) is 12.9. The van der Waals surface area contributed by atoms with Gasteiger partial charge in [0.15, 0.2) is 0 Å². The van der Waals surface area contributed by atoms with E-state index in [4.69, 9.17) is 11.6 Å². The Balaban J connectivity index is 2.12. The minimum atomic E-state index is -4.86. The van der Waals surface area contributed by atoms with Crippen molar-refractivity contribution in [1.82, 2.24) is 10.2 Å². The molecule has 0 aliphatic carbocycles. The number of amides is 2. The number of sulfonamides is 1. The fourth-order valence-electron chi connectivity index (χ4n) is 4.34. The first-order valence-corrected chi connectivity index (χ1v) is 16.1. The zero-order valence-corrected chi connectivity index (χ0v) is 27.1. The lowest BCUT2D eigenvalue weighted by Gasteiger charge is -2.35. The van der Waals surface area contributed by atoms with E-state index in [2.05, 4.69) is 21.2 Å². The molecule has 0 heterocycles. The molecule has 0 unspecified atom stereocenters. The van der Waals surface area contributed by atoms with Crippen molar-refractivity contribution >= 4 is 55.1 Å². The fraction of sp³-hybridized carbons (Fsp3) is 0.333. The Labute approximate surface area is 263 Å². The van der Waals surface area contributed by atoms with E-state index in [1.807, 2.05) is 6.07 Å². The van der Waals surface area contributed by atoms with Gasteiger partial charge in [-0.1, -0.05) is 70.0 Å². The predicted octanol–water partition coefficient (Wildman–Crippen LogP) is 6.44. The molecule has 1 atom stereocenters. The summed E-state index contributed by atoms with van der Waals surface area (Å²) in [5.41, 5.74) is -0.914. The van der Waals surface area contributed by atoms with E-state index < -0.39 is 62.4 Å². The molecule has 7 nitrogen and oxygen atoms in total. The van der Waals surface area contributed by atoms with Crippen molar-refractivity contribution in [3.63, 3.8) is 0 Å². The Morgan fingerprint density at radius 2 is 1.58 bits per heavy atom. The van der Waals surface area contributed by atoms with Crippen LogP contribution in [0, 0.1) is 0 Å². The Bertz CT molecular complexity index is 1560. The number of carbonyl (C=O) groups excluding carboxylic acids is 2. The maximum atomic E-state index is 14.1. The first kappa shape index (κ1) is 34.4. The van der Waals surface area contributed by atoms with Gasteiger partial charge in [0.1, 0.15) is 12.6 Å². The van der Waals surface area contributed by atoms with Crippen LogP contribution in [-0.2, 0) is 38.8 Å². The molecule has 1 N–H and O–H groups in total. The van der Waals surface area contributed by atoms with E-state index in [0.29, 0.717) is 15.9 Å². The minimum absolute atomic E-state index is 0.0840. The number of halogens is 5. The van der Waals surface area contributed by atoms with Crippen LogP contribution in [-0.4, -0.2) is 49.5 Å². The van der Waals surface area contributed by atoms with Crippen LogP contribution < -0.4 is 9.62 Å². The standard InChI is InChI=1S/C30H32BrClF3N3O4S/c1-29(2,3)36-28(40)26(16-20-9-6-5-7-10-20)37(18-21-11-8-12-22(31)15-21)27(39)19-38(43(4,41)42)23-13-14-25(32)24(17-23)30(33,34)35/h5-15,17,26H,16,18-19H2,1-4H3,(H,36,40)/t26-/m0/s1. The second-order valence-corrected chi connectivity index (χ2v) is 14.3. The van der Waals surface area contributed by atoms with Crippen molar-refractivity contribution in [2.75, 3.05) is 17.1 Å². The van der Waals surface area contributed by atoms with Gasteiger partial charge in [-0.25, -0.2) is 8.42 Å². The largest absolute Gasteiger partial charge is 0.417 e. The fourth-order valence-corrected chi connectivity index (χ4v) is 5.85. The van der Waals surface area contributed by atoms with E-state index >= 15 is 0 Å².